The largest absolute Gasteiger partial charge is 0.460 e. The molecule has 23 heavy (non-hydrogen) atoms. The van der Waals surface area contributed by atoms with Gasteiger partial charge in [0, 0.05) is 5.56 Å². The minimum Gasteiger partial charge on any atom is -0.460 e. The predicted octanol–water partition coefficient (Wildman–Crippen LogP) is 5.33. The zero-order chi connectivity index (χ0) is 15.8. The Morgan fingerprint density at radius 2 is 1.61 bits per heavy atom. The average molecular weight is 300 g/mol. The molecule has 0 fully saturated rings. The Balaban J connectivity index is 2.02. The number of rotatable bonds is 3. The van der Waals surface area contributed by atoms with Crippen LogP contribution in [0.2, 0.25) is 0 Å². The molecule has 2 aliphatic carbocycles. The summed E-state index contributed by atoms with van der Waals surface area (Å²) in [6.07, 6.45) is -0.247. The van der Waals surface area contributed by atoms with Crippen molar-refractivity contribution in [3.8, 4) is 11.1 Å². The van der Waals surface area contributed by atoms with Gasteiger partial charge >= 0.3 is 0 Å². The molecule has 2 aliphatic rings. The Kier molecular flexibility index (Phi) is 3.23. The van der Waals surface area contributed by atoms with Crippen molar-refractivity contribution in [2.24, 2.45) is 0 Å². The van der Waals surface area contributed by atoms with Gasteiger partial charge in [-0.05, 0) is 39.6 Å². The van der Waals surface area contributed by atoms with Crippen molar-refractivity contribution in [3.05, 3.63) is 72.3 Å². The number of carbonyl (C=O) groups excluding carboxylic acids is 1. The third-order valence-electron chi connectivity index (χ3n) is 4.52. The van der Waals surface area contributed by atoms with Crippen molar-refractivity contribution >= 4 is 28.0 Å². The number of hydrogen-bond donors (Lipinski definition) is 0. The van der Waals surface area contributed by atoms with Gasteiger partial charge < -0.3 is 4.74 Å². The second kappa shape index (κ2) is 5.40. The van der Waals surface area contributed by atoms with E-state index in [2.05, 4.69) is 60.7 Å². The molecule has 0 bridgehead atoms. The van der Waals surface area contributed by atoms with Crippen LogP contribution in [0.1, 0.15) is 18.6 Å². The minimum atomic E-state index is -0.247. The highest BCUT2D eigenvalue weighted by molar-refractivity contribution is 6.12. The van der Waals surface area contributed by atoms with E-state index in [9.17, 15) is 4.79 Å². The van der Waals surface area contributed by atoms with Gasteiger partial charge in [0.15, 0.2) is 0 Å². The second-order valence-corrected chi connectivity index (χ2v) is 5.76. The van der Waals surface area contributed by atoms with Gasteiger partial charge in [-0.15, -0.1) is 0 Å². The van der Waals surface area contributed by atoms with Gasteiger partial charge in [0.1, 0.15) is 6.10 Å². The van der Waals surface area contributed by atoms with E-state index in [0.29, 0.717) is 6.47 Å². The Morgan fingerprint density at radius 3 is 2.48 bits per heavy atom. The van der Waals surface area contributed by atoms with Gasteiger partial charge in [-0.1, -0.05) is 66.7 Å². The molecule has 0 amide bonds. The van der Waals surface area contributed by atoms with E-state index in [1.54, 1.807) is 0 Å². The topological polar surface area (TPSA) is 26.3 Å². The minimum absolute atomic E-state index is 0.247. The van der Waals surface area contributed by atoms with Crippen LogP contribution in [0.4, 0.5) is 0 Å². The highest BCUT2D eigenvalue weighted by Crippen LogP contribution is 2.38. The molecule has 0 heterocycles. The number of carbonyl (C=O) groups is 1. The summed E-state index contributed by atoms with van der Waals surface area (Å²) in [5.74, 6) is 0. The standard InChI is InChI=1S/C21H16O2/c1-14(23-13-22)16-11-12-21-18(16)7-4-8-19-17-6-3-2-5-15(17)9-10-20(19)21/h2-14H,1H3. The van der Waals surface area contributed by atoms with Gasteiger partial charge in [-0.3, -0.25) is 4.79 Å². The summed E-state index contributed by atoms with van der Waals surface area (Å²) in [4.78, 5) is 10.6. The zero-order valence-corrected chi connectivity index (χ0v) is 12.8. The van der Waals surface area contributed by atoms with Crippen LogP contribution >= 0.6 is 0 Å². The molecule has 0 radical (unpaired) electrons. The lowest BCUT2D eigenvalue weighted by Gasteiger charge is -2.10. The Hall–Kier alpha value is -2.87. The molecule has 2 aromatic carbocycles. The summed E-state index contributed by atoms with van der Waals surface area (Å²) in [6, 6.07) is 23.3. The fraction of sp³-hybridized carbons (Fsp3) is 0.0952. The molecule has 112 valence electrons. The summed E-state index contributed by atoms with van der Waals surface area (Å²) in [7, 11) is 0. The van der Waals surface area contributed by atoms with E-state index in [-0.39, 0.29) is 6.10 Å². The maximum Gasteiger partial charge on any atom is 0.293 e. The first kappa shape index (κ1) is 13.8. The van der Waals surface area contributed by atoms with Crippen molar-refractivity contribution in [2.75, 3.05) is 0 Å². The zero-order valence-electron chi connectivity index (χ0n) is 12.8. The van der Waals surface area contributed by atoms with Crippen molar-refractivity contribution in [1.82, 2.24) is 0 Å². The maximum atomic E-state index is 10.6. The SMILES string of the molecule is CC(OC=O)c1ccc2c3ccc4ccccc4c3cccc1-2. The third-order valence-corrected chi connectivity index (χ3v) is 4.52. The van der Waals surface area contributed by atoms with Crippen molar-refractivity contribution in [1.29, 1.82) is 0 Å². The molecule has 0 saturated carbocycles. The van der Waals surface area contributed by atoms with Gasteiger partial charge in [0.05, 0.1) is 0 Å². The van der Waals surface area contributed by atoms with Gasteiger partial charge in [-0.2, -0.15) is 0 Å². The Labute approximate surface area is 134 Å². The quantitative estimate of drug-likeness (QED) is 0.478. The number of ether oxygens (including phenoxy) is 1. The molecular formula is C21H16O2. The maximum absolute atomic E-state index is 10.6. The fourth-order valence-electron chi connectivity index (χ4n) is 3.39. The molecule has 0 aliphatic heterocycles. The molecule has 2 heteroatoms. The number of fused-ring (bicyclic) bond motifs is 5. The van der Waals surface area contributed by atoms with Crippen LogP contribution in [0.15, 0.2) is 66.7 Å². The van der Waals surface area contributed by atoms with Crippen LogP contribution in [-0.4, -0.2) is 6.47 Å². The average Bonchev–Trinajstić information content (AvgIpc) is 2.90. The third kappa shape index (κ3) is 2.15. The molecule has 0 aromatic heterocycles. The predicted molar refractivity (Wildman–Crippen MR) is 93.6 cm³/mol. The summed E-state index contributed by atoms with van der Waals surface area (Å²) >= 11 is 0. The highest BCUT2D eigenvalue weighted by atomic mass is 16.5. The summed E-state index contributed by atoms with van der Waals surface area (Å²) < 4.78 is 5.13. The lowest BCUT2D eigenvalue weighted by atomic mass is 9.99. The van der Waals surface area contributed by atoms with Crippen LogP contribution in [0.5, 0.6) is 0 Å². The molecule has 0 saturated heterocycles. The lowest BCUT2D eigenvalue weighted by Crippen LogP contribution is -1.97. The van der Waals surface area contributed by atoms with E-state index < -0.39 is 0 Å². The van der Waals surface area contributed by atoms with E-state index >= 15 is 0 Å². The summed E-state index contributed by atoms with van der Waals surface area (Å²) in [5, 5.41) is 4.94. The molecule has 1 atom stereocenters. The normalized spacial score (nSPS) is 12.6. The van der Waals surface area contributed by atoms with Gasteiger partial charge in [0.25, 0.3) is 6.47 Å². The van der Waals surface area contributed by atoms with Crippen LogP contribution < -0.4 is 0 Å². The molecule has 4 rings (SSSR count). The van der Waals surface area contributed by atoms with Crippen LogP contribution in [0.25, 0.3) is 32.7 Å². The smallest absolute Gasteiger partial charge is 0.293 e. The highest BCUT2D eigenvalue weighted by Gasteiger charge is 2.17. The van der Waals surface area contributed by atoms with Crippen molar-refractivity contribution in [3.63, 3.8) is 0 Å². The molecule has 0 N–H and O–H groups in total. The van der Waals surface area contributed by atoms with Crippen molar-refractivity contribution < 1.29 is 9.53 Å². The van der Waals surface area contributed by atoms with Gasteiger partial charge in [0.2, 0.25) is 0 Å². The van der Waals surface area contributed by atoms with Crippen LogP contribution in [-0.2, 0) is 9.53 Å². The summed E-state index contributed by atoms with van der Waals surface area (Å²) in [6.45, 7) is 2.41. The number of benzene rings is 2. The van der Waals surface area contributed by atoms with E-state index in [4.69, 9.17) is 4.74 Å². The molecule has 1 unspecified atom stereocenters. The number of hydrogen-bond acceptors (Lipinski definition) is 2. The van der Waals surface area contributed by atoms with Crippen molar-refractivity contribution in [2.45, 2.75) is 13.0 Å². The van der Waals surface area contributed by atoms with Crippen LogP contribution in [0.3, 0.4) is 0 Å². The first-order valence-corrected chi connectivity index (χ1v) is 7.72. The molecule has 0 spiro atoms. The first-order valence-electron chi connectivity index (χ1n) is 7.72. The van der Waals surface area contributed by atoms with Gasteiger partial charge in [-0.25, -0.2) is 0 Å². The monoisotopic (exact) mass is 300 g/mol. The fourth-order valence-corrected chi connectivity index (χ4v) is 3.39. The van der Waals surface area contributed by atoms with E-state index in [0.717, 1.165) is 11.1 Å². The summed E-state index contributed by atoms with van der Waals surface area (Å²) in [5.41, 5.74) is 3.36. The van der Waals surface area contributed by atoms with E-state index in [1.807, 2.05) is 13.0 Å². The Bertz CT molecular complexity index is 987. The van der Waals surface area contributed by atoms with Crippen LogP contribution in [0, 0.1) is 0 Å². The molecule has 2 aromatic rings. The lowest BCUT2D eigenvalue weighted by molar-refractivity contribution is -0.133. The first-order chi connectivity index (χ1) is 11.3. The Morgan fingerprint density at radius 1 is 0.783 bits per heavy atom. The second-order valence-electron chi connectivity index (χ2n) is 5.76. The molecular weight excluding hydrogens is 284 g/mol. The van der Waals surface area contributed by atoms with E-state index in [1.165, 1.54) is 27.1 Å². The molecule has 2 nitrogen and oxygen atoms in total.